The highest BCUT2D eigenvalue weighted by Crippen LogP contribution is 2.68. The van der Waals surface area contributed by atoms with Crippen molar-refractivity contribution in [2.24, 2.45) is 5.92 Å². The standard InChI is InChI=1S/C29H28Cl2F2N4O5S/c1-40-24-22-25(37-12-19(34-35-37)14-9-17(32)23(31)18(33)10-14)29(22)26(20(38)13-41-29)42-28(24)43-21-11-15(30)5-6-16(21)27(39)36-7-3-2-4-8-36/h5-6,9-12,20,22,24-26,28,38H,2-4,7-8,13H2,1H3/t20?,22?,24?,25?,26?,28-,29?/m1/s1. The van der Waals surface area contributed by atoms with E-state index >= 15 is 0 Å². The lowest BCUT2D eigenvalue weighted by molar-refractivity contribution is -0.146. The maximum absolute atomic E-state index is 14.1. The number of aromatic nitrogens is 3. The lowest BCUT2D eigenvalue weighted by Crippen LogP contribution is -2.49. The summed E-state index contributed by atoms with van der Waals surface area (Å²) in [6.07, 6.45) is 2.45. The molecular formula is C29H28Cl2F2N4O5S. The quantitative estimate of drug-likeness (QED) is 0.372. The number of thioether (sulfide) groups is 1. The molecule has 0 radical (unpaired) electrons. The summed E-state index contributed by atoms with van der Waals surface area (Å²) in [5.74, 6) is -2.17. The van der Waals surface area contributed by atoms with Crippen molar-refractivity contribution in [2.45, 2.75) is 59.5 Å². The number of carbonyl (C=O) groups excluding carboxylic acids is 1. The summed E-state index contributed by atoms with van der Waals surface area (Å²) in [7, 11) is 1.57. The number of nitrogens with zero attached hydrogens (tertiary/aromatic N) is 4. The van der Waals surface area contributed by atoms with Crippen LogP contribution >= 0.6 is 35.0 Å². The molecule has 43 heavy (non-hydrogen) atoms. The van der Waals surface area contributed by atoms with Crippen molar-refractivity contribution in [3.05, 3.63) is 63.8 Å². The predicted molar refractivity (Wildman–Crippen MR) is 154 cm³/mol. The molecule has 1 aromatic heterocycles. The summed E-state index contributed by atoms with van der Waals surface area (Å²) in [6.45, 7) is 1.47. The van der Waals surface area contributed by atoms with Gasteiger partial charge in [-0.05, 0) is 49.6 Å². The lowest BCUT2D eigenvalue weighted by Gasteiger charge is -2.37. The van der Waals surface area contributed by atoms with E-state index in [-0.39, 0.29) is 29.7 Å². The molecule has 3 aromatic rings. The van der Waals surface area contributed by atoms with Crippen LogP contribution in [0.3, 0.4) is 0 Å². The number of rotatable bonds is 6. The summed E-state index contributed by atoms with van der Waals surface area (Å²) < 4.78 is 48.5. The Morgan fingerprint density at radius 3 is 2.63 bits per heavy atom. The van der Waals surface area contributed by atoms with Crippen molar-refractivity contribution >= 4 is 40.9 Å². The topological polar surface area (TPSA) is 98.9 Å². The molecule has 1 amide bonds. The normalized spacial score (nSPS) is 31.5. The maximum atomic E-state index is 14.1. The third-order valence-corrected chi connectivity index (χ3v) is 10.6. The first-order valence-electron chi connectivity index (χ1n) is 14.1. The second-order valence-corrected chi connectivity index (χ2v) is 13.2. The number of benzene rings is 2. The van der Waals surface area contributed by atoms with Crippen LogP contribution in [0.1, 0.15) is 35.7 Å². The van der Waals surface area contributed by atoms with Crippen molar-refractivity contribution in [3.63, 3.8) is 0 Å². The molecule has 14 heteroatoms. The molecular weight excluding hydrogens is 625 g/mol. The number of amides is 1. The van der Waals surface area contributed by atoms with Gasteiger partial charge >= 0.3 is 0 Å². The summed E-state index contributed by atoms with van der Waals surface area (Å²) in [5.41, 5.74) is -0.617. The summed E-state index contributed by atoms with van der Waals surface area (Å²) in [6, 6.07) is 6.94. The third kappa shape index (κ3) is 4.86. The van der Waals surface area contributed by atoms with E-state index in [9.17, 15) is 18.7 Å². The number of hydrogen-bond acceptors (Lipinski definition) is 8. The Balaban J connectivity index is 1.19. The van der Waals surface area contributed by atoms with Crippen LogP contribution in [0.5, 0.6) is 0 Å². The van der Waals surface area contributed by atoms with Crippen molar-refractivity contribution in [2.75, 3.05) is 26.8 Å². The molecule has 1 spiro atoms. The molecule has 7 atom stereocenters. The van der Waals surface area contributed by atoms with E-state index in [1.165, 1.54) is 11.8 Å². The van der Waals surface area contributed by atoms with Gasteiger partial charge in [0.1, 0.15) is 51.7 Å². The maximum Gasteiger partial charge on any atom is 0.254 e. The molecule has 9 nitrogen and oxygen atoms in total. The molecule has 1 aliphatic carbocycles. The summed E-state index contributed by atoms with van der Waals surface area (Å²) in [4.78, 5) is 16.0. The van der Waals surface area contributed by atoms with Crippen molar-refractivity contribution in [3.8, 4) is 11.3 Å². The zero-order valence-electron chi connectivity index (χ0n) is 23.0. The SMILES string of the molecule is COC1C2C(n3cc(-c4cc(F)c(Cl)c(F)c4)nn3)C23OCC(O)C3O[C@@H]1Sc1cc(Cl)ccc1C(=O)N1CCCCC1. The Kier molecular flexibility index (Phi) is 7.68. The average Bonchev–Trinajstić information content (AvgIpc) is 3.25. The Labute approximate surface area is 260 Å². The number of aliphatic hydroxyl groups is 1. The fraction of sp³-hybridized carbons (Fsp3) is 0.483. The van der Waals surface area contributed by atoms with Gasteiger partial charge in [0.05, 0.1) is 24.4 Å². The molecule has 228 valence electrons. The van der Waals surface area contributed by atoms with E-state index < -0.39 is 52.0 Å². The largest absolute Gasteiger partial charge is 0.388 e. The van der Waals surface area contributed by atoms with Crippen molar-refractivity contribution in [1.82, 2.24) is 19.9 Å². The Morgan fingerprint density at radius 1 is 1.16 bits per heavy atom. The minimum absolute atomic E-state index is 0.0521. The average molecular weight is 654 g/mol. The number of methoxy groups -OCH3 is 1. The van der Waals surface area contributed by atoms with Crippen LogP contribution in [0, 0.1) is 17.6 Å². The van der Waals surface area contributed by atoms with Gasteiger partial charge < -0.3 is 24.2 Å². The summed E-state index contributed by atoms with van der Waals surface area (Å²) >= 11 is 13.4. The zero-order valence-corrected chi connectivity index (χ0v) is 25.3. The first kappa shape index (κ1) is 29.4. The number of piperidine rings is 1. The molecule has 7 rings (SSSR count). The first-order valence-corrected chi connectivity index (χ1v) is 15.7. The van der Waals surface area contributed by atoms with Gasteiger partial charge in [0.25, 0.3) is 5.91 Å². The van der Waals surface area contributed by atoms with Gasteiger partial charge in [-0.1, -0.05) is 40.2 Å². The van der Waals surface area contributed by atoms with Crippen LogP contribution in [0.25, 0.3) is 11.3 Å². The van der Waals surface area contributed by atoms with Gasteiger partial charge in [0, 0.05) is 41.6 Å². The highest BCUT2D eigenvalue weighted by Gasteiger charge is 2.81. The van der Waals surface area contributed by atoms with E-state index in [1.807, 2.05) is 4.90 Å². The van der Waals surface area contributed by atoms with Crippen LogP contribution in [0.2, 0.25) is 10.0 Å². The molecule has 3 saturated heterocycles. The molecule has 0 bridgehead atoms. The van der Waals surface area contributed by atoms with E-state index in [0.717, 1.165) is 31.4 Å². The van der Waals surface area contributed by atoms with Gasteiger partial charge in [-0.2, -0.15) is 0 Å². The van der Waals surface area contributed by atoms with Crippen molar-refractivity contribution in [1.29, 1.82) is 0 Å². The Hall–Kier alpha value is -2.32. The fourth-order valence-corrected chi connectivity index (χ4v) is 8.45. The zero-order chi connectivity index (χ0) is 30.0. The number of ether oxygens (including phenoxy) is 3. The van der Waals surface area contributed by atoms with E-state index in [2.05, 4.69) is 10.3 Å². The van der Waals surface area contributed by atoms with E-state index in [4.69, 9.17) is 37.4 Å². The van der Waals surface area contributed by atoms with Gasteiger partial charge in [0.2, 0.25) is 0 Å². The molecule has 1 saturated carbocycles. The number of carbonyl (C=O) groups is 1. The van der Waals surface area contributed by atoms with Crippen LogP contribution < -0.4 is 0 Å². The molecule has 6 unspecified atom stereocenters. The molecule has 4 fully saturated rings. The highest BCUT2D eigenvalue weighted by atomic mass is 35.5. The smallest absolute Gasteiger partial charge is 0.254 e. The highest BCUT2D eigenvalue weighted by molar-refractivity contribution is 8.00. The monoisotopic (exact) mass is 652 g/mol. The minimum Gasteiger partial charge on any atom is -0.388 e. The number of halogens is 4. The molecule has 2 aromatic carbocycles. The molecule has 1 N–H and O–H groups in total. The third-order valence-electron chi connectivity index (χ3n) is 8.82. The Morgan fingerprint density at radius 2 is 1.91 bits per heavy atom. The van der Waals surface area contributed by atoms with Crippen molar-refractivity contribution < 1.29 is 32.9 Å². The van der Waals surface area contributed by atoms with E-state index in [0.29, 0.717) is 28.6 Å². The van der Waals surface area contributed by atoms with Gasteiger partial charge in [-0.15, -0.1) is 5.10 Å². The number of hydrogen-bond donors (Lipinski definition) is 1. The van der Waals surface area contributed by atoms with Crippen LogP contribution in [-0.2, 0) is 14.2 Å². The number of likely N-dealkylation sites (tertiary alicyclic amines) is 1. The van der Waals surface area contributed by atoms with Gasteiger partial charge in [-0.3, -0.25) is 4.79 Å². The molecule has 3 aliphatic heterocycles. The minimum atomic E-state index is -0.945. The second kappa shape index (κ2) is 11.2. The van der Waals surface area contributed by atoms with Crippen LogP contribution in [-0.4, -0.2) is 87.1 Å². The first-order chi connectivity index (χ1) is 20.7. The van der Waals surface area contributed by atoms with Crippen LogP contribution in [0.15, 0.2) is 41.4 Å². The Bertz CT molecular complexity index is 1550. The fourth-order valence-electron chi connectivity index (χ4n) is 6.79. The second-order valence-electron chi connectivity index (χ2n) is 11.3. The predicted octanol–water partition coefficient (Wildman–Crippen LogP) is 4.99. The molecule has 4 heterocycles. The number of aliphatic hydroxyl groups excluding tert-OH is 1. The summed E-state index contributed by atoms with van der Waals surface area (Å²) in [5, 5.41) is 19.2. The molecule has 4 aliphatic rings. The lowest BCUT2D eigenvalue weighted by atomic mass is 10.0. The van der Waals surface area contributed by atoms with Gasteiger partial charge in [-0.25, -0.2) is 13.5 Å². The van der Waals surface area contributed by atoms with E-state index in [1.54, 1.807) is 36.2 Å². The van der Waals surface area contributed by atoms with Gasteiger partial charge in [0.15, 0.2) is 0 Å². The van der Waals surface area contributed by atoms with Crippen LogP contribution in [0.4, 0.5) is 8.78 Å².